The molecule has 0 atom stereocenters. The molecule has 1 aromatic rings. The van der Waals surface area contributed by atoms with Crippen LogP contribution in [0.1, 0.15) is 35.4 Å². The van der Waals surface area contributed by atoms with Gasteiger partial charge in [-0.2, -0.15) is 11.8 Å². The molecule has 1 nitrogen and oxygen atoms in total. The van der Waals surface area contributed by atoms with Crippen molar-refractivity contribution in [2.75, 3.05) is 11.5 Å². The van der Waals surface area contributed by atoms with E-state index in [1.165, 1.54) is 37.0 Å². The largest absolute Gasteiger partial charge is 0.292 e. The van der Waals surface area contributed by atoms with Crippen LogP contribution in [0.25, 0.3) is 0 Å². The third-order valence-corrected chi connectivity index (χ3v) is 5.98. The van der Waals surface area contributed by atoms with Crippen LogP contribution in [0.2, 0.25) is 0 Å². The molecular formula is C12H15BrOS2. The number of hydrogen-bond donors (Lipinski definition) is 0. The Morgan fingerprint density at radius 3 is 2.88 bits per heavy atom. The van der Waals surface area contributed by atoms with Gasteiger partial charge in [-0.1, -0.05) is 12.8 Å². The van der Waals surface area contributed by atoms with E-state index >= 15 is 0 Å². The van der Waals surface area contributed by atoms with Gasteiger partial charge in [-0.15, -0.1) is 11.3 Å². The Kier molecular flexibility index (Phi) is 4.92. The fraction of sp³-hybridized carbons (Fsp3) is 0.583. The number of thiophene rings is 1. The summed E-state index contributed by atoms with van der Waals surface area (Å²) >= 11 is 6.74. The van der Waals surface area contributed by atoms with Crippen LogP contribution in [0.5, 0.6) is 0 Å². The van der Waals surface area contributed by atoms with Crippen molar-refractivity contribution in [1.29, 1.82) is 0 Å². The summed E-state index contributed by atoms with van der Waals surface area (Å²) in [5.41, 5.74) is 0. The van der Waals surface area contributed by atoms with Gasteiger partial charge in [-0.3, -0.25) is 4.79 Å². The lowest BCUT2D eigenvalue weighted by atomic mass is 10.1. The maximum atomic E-state index is 11.9. The first-order valence-electron chi connectivity index (χ1n) is 5.61. The van der Waals surface area contributed by atoms with Crippen LogP contribution in [0.15, 0.2) is 15.9 Å². The van der Waals surface area contributed by atoms with Crippen LogP contribution in [0.3, 0.4) is 0 Å². The predicted molar refractivity (Wildman–Crippen MR) is 75.6 cm³/mol. The zero-order valence-electron chi connectivity index (χ0n) is 9.08. The van der Waals surface area contributed by atoms with E-state index in [-0.39, 0.29) is 5.78 Å². The van der Waals surface area contributed by atoms with Crippen molar-refractivity contribution < 1.29 is 4.79 Å². The van der Waals surface area contributed by atoms with Gasteiger partial charge in [0.2, 0.25) is 0 Å². The van der Waals surface area contributed by atoms with Gasteiger partial charge in [0, 0.05) is 4.47 Å². The smallest absolute Gasteiger partial charge is 0.183 e. The van der Waals surface area contributed by atoms with Crippen molar-refractivity contribution in [2.24, 2.45) is 5.92 Å². The molecule has 1 heterocycles. The lowest BCUT2D eigenvalue weighted by Gasteiger charge is -2.07. The van der Waals surface area contributed by atoms with Gasteiger partial charge in [-0.05, 0) is 51.9 Å². The molecule has 1 aliphatic carbocycles. The minimum atomic E-state index is 0.268. The Bertz CT molecular complexity index is 356. The molecule has 0 N–H and O–H groups in total. The standard InChI is InChI=1S/C12H15BrOS2/c13-10-5-6-16-12(10)11(14)8-15-7-9-3-1-2-4-9/h5-6,9H,1-4,7-8H2. The Hall–Kier alpha value is 0.200. The topological polar surface area (TPSA) is 17.1 Å². The maximum absolute atomic E-state index is 11.9. The third-order valence-electron chi connectivity index (χ3n) is 2.93. The Balaban J connectivity index is 1.73. The summed E-state index contributed by atoms with van der Waals surface area (Å²) in [6.07, 6.45) is 5.50. The molecule has 1 aromatic heterocycles. The summed E-state index contributed by atoms with van der Waals surface area (Å²) < 4.78 is 0.948. The number of hydrogen-bond acceptors (Lipinski definition) is 3. The normalized spacial score (nSPS) is 16.8. The van der Waals surface area contributed by atoms with E-state index in [9.17, 15) is 4.79 Å². The van der Waals surface area contributed by atoms with E-state index in [0.717, 1.165) is 21.0 Å². The average molecular weight is 319 g/mol. The molecule has 0 unspecified atom stereocenters. The van der Waals surface area contributed by atoms with Crippen molar-refractivity contribution in [3.05, 3.63) is 20.8 Å². The molecule has 0 saturated heterocycles. The number of thioether (sulfide) groups is 1. The number of carbonyl (C=O) groups is 1. The molecular weight excluding hydrogens is 304 g/mol. The second kappa shape index (κ2) is 6.22. The first-order valence-corrected chi connectivity index (χ1v) is 8.44. The van der Waals surface area contributed by atoms with E-state index in [1.54, 1.807) is 11.8 Å². The molecule has 1 fully saturated rings. The van der Waals surface area contributed by atoms with Gasteiger partial charge in [0.05, 0.1) is 10.6 Å². The van der Waals surface area contributed by atoms with Crippen molar-refractivity contribution in [2.45, 2.75) is 25.7 Å². The van der Waals surface area contributed by atoms with Gasteiger partial charge in [0.1, 0.15) is 0 Å². The summed E-state index contributed by atoms with van der Waals surface area (Å²) in [4.78, 5) is 12.7. The van der Waals surface area contributed by atoms with Crippen LogP contribution in [0, 0.1) is 5.92 Å². The molecule has 0 amide bonds. The van der Waals surface area contributed by atoms with Crippen molar-refractivity contribution >= 4 is 44.8 Å². The highest BCUT2D eigenvalue weighted by Gasteiger charge is 2.16. The molecule has 2 rings (SSSR count). The van der Waals surface area contributed by atoms with Crippen LogP contribution < -0.4 is 0 Å². The van der Waals surface area contributed by atoms with Crippen molar-refractivity contribution in [3.8, 4) is 0 Å². The highest BCUT2D eigenvalue weighted by molar-refractivity contribution is 9.10. The monoisotopic (exact) mass is 318 g/mol. The Labute approximate surface area is 113 Å². The molecule has 1 aliphatic rings. The van der Waals surface area contributed by atoms with E-state index < -0.39 is 0 Å². The minimum Gasteiger partial charge on any atom is -0.292 e. The number of halogens is 1. The summed E-state index contributed by atoms with van der Waals surface area (Å²) in [7, 11) is 0. The first-order chi connectivity index (χ1) is 7.77. The van der Waals surface area contributed by atoms with Gasteiger partial charge >= 0.3 is 0 Å². The molecule has 4 heteroatoms. The molecule has 88 valence electrons. The van der Waals surface area contributed by atoms with Crippen molar-refractivity contribution in [3.63, 3.8) is 0 Å². The van der Waals surface area contributed by atoms with E-state index in [1.807, 2.05) is 11.4 Å². The highest BCUT2D eigenvalue weighted by Crippen LogP contribution is 2.29. The summed E-state index contributed by atoms with van der Waals surface area (Å²) in [5, 5.41) is 1.96. The lowest BCUT2D eigenvalue weighted by molar-refractivity contribution is 0.102. The fourth-order valence-electron chi connectivity index (χ4n) is 2.05. The lowest BCUT2D eigenvalue weighted by Crippen LogP contribution is -2.04. The predicted octanol–water partition coefficient (Wildman–Crippen LogP) is 4.62. The zero-order chi connectivity index (χ0) is 11.4. The quantitative estimate of drug-likeness (QED) is 0.737. The van der Waals surface area contributed by atoms with Crippen LogP contribution in [-0.4, -0.2) is 17.3 Å². The van der Waals surface area contributed by atoms with Crippen LogP contribution in [0.4, 0.5) is 0 Å². The fourth-order valence-corrected chi connectivity index (χ4v) is 4.79. The molecule has 1 saturated carbocycles. The Morgan fingerprint density at radius 2 is 2.25 bits per heavy atom. The SMILES string of the molecule is O=C(CSCC1CCCC1)c1sccc1Br. The minimum absolute atomic E-state index is 0.268. The molecule has 16 heavy (non-hydrogen) atoms. The molecule has 0 radical (unpaired) electrons. The van der Waals surface area contributed by atoms with E-state index in [4.69, 9.17) is 0 Å². The Morgan fingerprint density at radius 1 is 1.50 bits per heavy atom. The first kappa shape index (κ1) is 12.7. The molecule has 0 aromatic carbocycles. The van der Waals surface area contributed by atoms with Gasteiger partial charge < -0.3 is 0 Å². The summed E-state index contributed by atoms with van der Waals surface area (Å²) in [6, 6.07) is 1.94. The van der Waals surface area contributed by atoms with Gasteiger partial charge in [0.25, 0.3) is 0 Å². The number of ketones is 1. The average Bonchev–Trinajstić information content (AvgIpc) is 2.88. The van der Waals surface area contributed by atoms with E-state index in [2.05, 4.69) is 15.9 Å². The maximum Gasteiger partial charge on any atom is 0.183 e. The second-order valence-corrected chi connectivity index (χ2v) is 6.99. The van der Waals surface area contributed by atoms with Crippen molar-refractivity contribution in [1.82, 2.24) is 0 Å². The van der Waals surface area contributed by atoms with Crippen LogP contribution in [-0.2, 0) is 0 Å². The van der Waals surface area contributed by atoms with E-state index in [0.29, 0.717) is 5.75 Å². The third kappa shape index (κ3) is 3.34. The highest BCUT2D eigenvalue weighted by atomic mass is 79.9. The molecule has 0 bridgehead atoms. The van der Waals surface area contributed by atoms with Crippen LogP contribution >= 0.6 is 39.0 Å². The number of Topliss-reactive ketones (excluding diaryl/α,β-unsaturated/α-hetero) is 1. The number of carbonyl (C=O) groups excluding carboxylic acids is 1. The zero-order valence-corrected chi connectivity index (χ0v) is 12.3. The molecule has 0 spiro atoms. The van der Waals surface area contributed by atoms with Gasteiger partial charge in [-0.25, -0.2) is 0 Å². The summed E-state index contributed by atoms with van der Waals surface area (Å²) in [6.45, 7) is 0. The molecule has 0 aliphatic heterocycles. The second-order valence-electron chi connectivity index (χ2n) is 4.19. The van der Waals surface area contributed by atoms with Gasteiger partial charge in [0.15, 0.2) is 5.78 Å². The summed E-state index contributed by atoms with van der Waals surface area (Å²) in [5.74, 6) is 2.93. The number of rotatable bonds is 5.